The second-order valence-electron chi connectivity index (χ2n) is 7.21. The van der Waals surface area contributed by atoms with Crippen molar-refractivity contribution in [2.45, 2.75) is 26.2 Å². The molecule has 1 aliphatic heterocycles. The van der Waals surface area contributed by atoms with E-state index in [1.807, 2.05) is 0 Å². The van der Waals surface area contributed by atoms with Crippen molar-refractivity contribution in [2.75, 3.05) is 40.8 Å². The van der Waals surface area contributed by atoms with E-state index < -0.39 is 17.9 Å². The first-order chi connectivity index (χ1) is 16.8. The average Bonchev–Trinajstić information content (AvgIpc) is 2.85. The van der Waals surface area contributed by atoms with Crippen molar-refractivity contribution in [3.05, 3.63) is 39.6 Å². The molecule has 0 aliphatic carbocycles. The van der Waals surface area contributed by atoms with Crippen LogP contribution in [0, 0.1) is 11.3 Å². The molecule has 0 bridgehead atoms. The van der Waals surface area contributed by atoms with Gasteiger partial charge in [-0.1, -0.05) is 11.8 Å². The third-order valence-corrected chi connectivity index (χ3v) is 6.17. The Balaban J connectivity index is 2.57. The van der Waals surface area contributed by atoms with Crippen molar-refractivity contribution in [2.24, 2.45) is 0 Å². The molecular weight excluding hydrogens is 476 g/mol. The molecule has 1 N–H and O–H groups in total. The van der Waals surface area contributed by atoms with E-state index in [9.17, 15) is 19.6 Å². The van der Waals surface area contributed by atoms with Crippen molar-refractivity contribution in [1.29, 1.82) is 5.26 Å². The highest BCUT2D eigenvalue weighted by Gasteiger charge is 2.36. The molecule has 0 saturated heterocycles. The fraction of sp³-hybridized carbons (Fsp3) is 0.417. The molecule has 0 aromatic heterocycles. The molecule has 10 nitrogen and oxygen atoms in total. The van der Waals surface area contributed by atoms with Gasteiger partial charge in [-0.05, 0) is 31.5 Å². The smallest absolute Gasteiger partial charge is 0.336 e. The number of ether oxygens (including phenoxy) is 5. The number of hydrogen-bond donors (Lipinski definition) is 1. The lowest BCUT2D eigenvalue weighted by molar-refractivity contribution is -0.145. The fourth-order valence-corrected chi connectivity index (χ4v) is 4.54. The summed E-state index contributed by atoms with van der Waals surface area (Å²) in [5.74, 6) is -1.46. The van der Waals surface area contributed by atoms with Gasteiger partial charge in [0.25, 0.3) is 0 Å². The van der Waals surface area contributed by atoms with Gasteiger partial charge in [0.1, 0.15) is 6.42 Å². The Bertz CT molecular complexity index is 1080. The Morgan fingerprint density at radius 2 is 1.71 bits per heavy atom. The number of carbonyl (C=O) groups excluding carboxylic acids is 3. The molecule has 0 radical (unpaired) electrons. The number of benzene rings is 1. The second kappa shape index (κ2) is 12.7. The zero-order valence-electron chi connectivity index (χ0n) is 20.5. The largest absolute Gasteiger partial charge is 0.493 e. The lowest BCUT2D eigenvalue weighted by Gasteiger charge is -2.29. The van der Waals surface area contributed by atoms with Crippen LogP contribution in [0.3, 0.4) is 0 Å². The Labute approximate surface area is 208 Å². The first-order valence-corrected chi connectivity index (χ1v) is 11.5. The number of ketones is 1. The van der Waals surface area contributed by atoms with Crippen LogP contribution in [0.15, 0.2) is 34.0 Å². The van der Waals surface area contributed by atoms with Crippen LogP contribution in [-0.4, -0.2) is 58.5 Å². The Hall–Kier alpha value is -3.65. The van der Waals surface area contributed by atoms with Crippen LogP contribution in [0.4, 0.5) is 0 Å². The van der Waals surface area contributed by atoms with Crippen molar-refractivity contribution in [3.8, 4) is 23.3 Å². The van der Waals surface area contributed by atoms with Gasteiger partial charge >= 0.3 is 11.9 Å². The molecule has 1 aromatic rings. The molecule has 1 aliphatic rings. The first kappa shape index (κ1) is 27.6. The normalized spacial score (nSPS) is 15.1. The summed E-state index contributed by atoms with van der Waals surface area (Å²) in [7, 11) is 5.65. The van der Waals surface area contributed by atoms with Crippen LogP contribution in [0.25, 0.3) is 0 Å². The minimum absolute atomic E-state index is 0.0743. The molecule has 0 saturated carbocycles. The second-order valence-corrected chi connectivity index (χ2v) is 8.20. The van der Waals surface area contributed by atoms with Gasteiger partial charge in [-0.15, -0.1) is 0 Å². The van der Waals surface area contributed by atoms with E-state index in [-0.39, 0.29) is 35.7 Å². The Morgan fingerprint density at radius 3 is 2.20 bits per heavy atom. The number of esters is 2. The lowest BCUT2D eigenvalue weighted by atomic mass is 9.82. The fourth-order valence-electron chi connectivity index (χ4n) is 3.59. The van der Waals surface area contributed by atoms with E-state index in [0.29, 0.717) is 33.5 Å². The summed E-state index contributed by atoms with van der Waals surface area (Å²) in [6.45, 7) is 3.51. The van der Waals surface area contributed by atoms with Gasteiger partial charge in [-0.3, -0.25) is 9.59 Å². The molecule has 1 atom stereocenters. The summed E-state index contributed by atoms with van der Waals surface area (Å²) in [4.78, 5) is 36.6. The molecule has 0 spiro atoms. The molecule has 2 rings (SSSR count). The van der Waals surface area contributed by atoms with Gasteiger partial charge < -0.3 is 29.0 Å². The molecule has 1 unspecified atom stereocenters. The number of thioether (sulfide) groups is 1. The highest BCUT2D eigenvalue weighted by Crippen LogP contribution is 2.46. The van der Waals surface area contributed by atoms with Crippen LogP contribution >= 0.6 is 11.8 Å². The minimum Gasteiger partial charge on any atom is -0.493 e. The van der Waals surface area contributed by atoms with Gasteiger partial charge in [0.15, 0.2) is 17.3 Å². The lowest BCUT2D eigenvalue weighted by Crippen LogP contribution is -2.29. The quantitative estimate of drug-likeness (QED) is 0.352. The standard InChI is InChI=1S/C24H28N2O8S/c1-7-34-19(28)10-15(27)12-35-23-16(11-25)21(20(13(2)26-23)24(29)33-6)14-8-17(30-3)22(32-5)18(9-14)31-4/h8-9,21,26H,7,10,12H2,1-6H3. The van der Waals surface area contributed by atoms with E-state index >= 15 is 0 Å². The summed E-state index contributed by atoms with van der Waals surface area (Å²) in [6.07, 6.45) is -0.367. The highest BCUT2D eigenvalue weighted by molar-refractivity contribution is 8.03. The molecule has 0 fully saturated rings. The minimum atomic E-state index is -0.843. The summed E-state index contributed by atoms with van der Waals surface area (Å²) in [5, 5.41) is 13.5. The van der Waals surface area contributed by atoms with Crippen LogP contribution in [0.5, 0.6) is 17.2 Å². The molecule has 11 heteroatoms. The van der Waals surface area contributed by atoms with Crippen molar-refractivity contribution < 1.29 is 38.1 Å². The Kier molecular flexibility index (Phi) is 10.0. The number of methoxy groups -OCH3 is 4. The van der Waals surface area contributed by atoms with Crippen LogP contribution in [0.1, 0.15) is 31.7 Å². The summed E-state index contributed by atoms with van der Waals surface area (Å²) in [5.41, 5.74) is 1.39. The van der Waals surface area contributed by atoms with Gasteiger partial charge in [-0.2, -0.15) is 5.26 Å². The van der Waals surface area contributed by atoms with Crippen LogP contribution < -0.4 is 19.5 Å². The van der Waals surface area contributed by atoms with E-state index in [0.717, 1.165) is 11.8 Å². The SMILES string of the molecule is CCOC(=O)CC(=O)CSC1=C(C#N)C(c2cc(OC)c(OC)c(OC)c2)C(C(=O)OC)=C(C)N1. The third-order valence-electron chi connectivity index (χ3n) is 5.10. The number of dihydropyridines is 1. The zero-order valence-corrected chi connectivity index (χ0v) is 21.3. The van der Waals surface area contributed by atoms with Gasteiger partial charge in [-0.25, -0.2) is 4.79 Å². The van der Waals surface area contributed by atoms with Crippen molar-refractivity contribution >= 4 is 29.5 Å². The topological polar surface area (TPSA) is 133 Å². The average molecular weight is 505 g/mol. The van der Waals surface area contributed by atoms with E-state index in [1.54, 1.807) is 26.0 Å². The maximum atomic E-state index is 12.8. The number of Topliss-reactive ketones (excluding diaryl/α,β-unsaturated/α-hetero) is 1. The van der Waals surface area contributed by atoms with Gasteiger partial charge in [0, 0.05) is 5.70 Å². The first-order valence-electron chi connectivity index (χ1n) is 10.6. The molecule has 188 valence electrons. The number of nitriles is 1. The van der Waals surface area contributed by atoms with E-state index in [2.05, 4.69) is 11.4 Å². The third kappa shape index (κ3) is 6.27. The predicted molar refractivity (Wildman–Crippen MR) is 128 cm³/mol. The maximum Gasteiger partial charge on any atom is 0.336 e. The van der Waals surface area contributed by atoms with Gasteiger partial charge in [0.05, 0.1) is 69.0 Å². The molecule has 0 amide bonds. The number of nitrogens with zero attached hydrogens (tertiary/aromatic N) is 1. The summed E-state index contributed by atoms with van der Waals surface area (Å²) in [6, 6.07) is 5.46. The maximum absolute atomic E-state index is 12.8. The van der Waals surface area contributed by atoms with Crippen molar-refractivity contribution in [1.82, 2.24) is 5.32 Å². The monoisotopic (exact) mass is 504 g/mol. The van der Waals surface area contributed by atoms with Crippen LogP contribution in [-0.2, 0) is 23.9 Å². The molecule has 35 heavy (non-hydrogen) atoms. The number of nitrogens with one attached hydrogen (secondary N) is 1. The number of allylic oxidation sites excluding steroid dienone is 2. The Morgan fingerprint density at radius 1 is 1.09 bits per heavy atom. The number of hydrogen-bond acceptors (Lipinski definition) is 11. The van der Waals surface area contributed by atoms with Gasteiger partial charge in [0.2, 0.25) is 5.75 Å². The summed E-state index contributed by atoms with van der Waals surface area (Å²) >= 11 is 1.06. The summed E-state index contributed by atoms with van der Waals surface area (Å²) < 4.78 is 26.1. The zero-order chi connectivity index (χ0) is 26.1. The molecule has 1 aromatic carbocycles. The number of rotatable bonds is 11. The van der Waals surface area contributed by atoms with Crippen LogP contribution in [0.2, 0.25) is 0 Å². The molecular formula is C24H28N2O8S. The molecule has 1 heterocycles. The highest BCUT2D eigenvalue weighted by atomic mass is 32.2. The number of carbonyl (C=O) groups is 3. The van der Waals surface area contributed by atoms with Crippen molar-refractivity contribution in [3.63, 3.8) is 0 Å². The van der Waals surface area contributed by atoms with E-state index in [1.165, 1.54) is 28.4 Å². The predicted octanol–water partition coefficient (Wildman–Crippen LogP) is 2.84. The van der Waals surface area contributed by atoms with E-state index in [4.69, 9.17) is 23.7 Å².